The van der Waals surface area contributed by atoms with Crippen molar-refractivity contribution >= 4 is 0 Å². The summed E-state index contributed by atoms with van der Waals surface area (Å²) in [6, 6.07) is 8.40. The summed E-state index contributed by atoms with van der Waals surface area (Å²) in [7, 11) is 0. The molecule has 0 bridgehead atoms. The van der Waals surface area contributed by atoms with Crippen LogP contribution in [0.1, 0.15) is 25.8 Å². The Hall–Kier alpha value is -1.02. The fourth-order valence-electron chi connectivity index (χ4n) is 2.29. The monoisotopic (exact) mass is 205 g/mol. The molecule has 1 aromatic rings. The number of hydrogen-bond acceptors (Lipinski definition) is 2. The Morgan fingerprint density at radius 1 is 1.40 bits per heavy atom. The molecule has 1 aliphatic heterocycles. The van der Waals surface area contributed by atoms with E-state index in [0.29, 0.717) is 0 Å². The second kappa shape index (κ2) is 4.23. The summed E-state index contributed by atoms with van der Waals surface area (Å²) in [6.45, 7) is 7.24. The van der Waals surface area contributed by atoms with Crippen LogP contribution in [0.2, 0.25) is 0 Å². The van der Waals surface area contributed by atoms with E-state index in [4.69, 9.17) is 4.74 Å². The quantitative estimate of drug-likeness (QED) is 0.817. The second-order valence-corrected chi connectivity index (χ2v) is 4.42. The van der Waals surface area contributed by atoms with Crippen molar-refractivity contribution in [3.8, 4) is 5.75 Å². The highest BCUT2D eigenvalue weighted by Crippen LogP contribution is 2.36. The SMILES string of the molecule is CCOc1ccccc1C1(C)CCNC1. The lowest BCUT2D eigenvalue weighted by Gasteiger charge is -2.25. The maximum atomic E-state index is 5.69. The van der Waals surface area contributed by atoms with Gasteiger partial charge in [-0.15, -0.1) is 0 Å². The maximum Gasteiger partial charge on any atom is 0.123 e. The largest absolute Gasteiger partial charge is 0.494 e. The van der Waals surface area contributed by atoms with E-state index >= 15 is 0 Å². The van der Waals surface area contributed by atoms with Crippen molar-refractivity contribution in [3.63, 3.8) is 0 Å². The van der Waals surface area contributed by atoms with E-state index in [1.165, 1.54) is 12.0 Å². The molecule has 1 unspecified atom stereocenters. The molecule has 15 heavy (non-hydrogen) atoms. The van der Waals surface area contributed by atoms with Gasteiger partial charge < -0.3 is 10.1 Å². The minimum absolute atomic E-state index is 0.242. The summed E-state index contributed by atoms with van der Waals surface area (Å²) >= 11 is 0. The van der Waals surface area contributed by atoms with Gasteiger partial charge in [0.05, 0.1) is 6.61 Å². The molecule has 1 atom stereocenters. The lowest BCUT2D eigenvalue weighted by molar-refractivity contribution is 0.327. The van der Waals surface area contributed by atoms with E-state index < -0.39 is 0 Å². The summed E-state index contributed by atoms with van der Waals surface area (Å²) < 4.78 is 5.69. The fraction of sp³-hybridized carbons (Fsp3) is 0.538. The standard InChI is InChI=1S/C13H19NO/c1-3-15-12-7-5-4-6-11(12)13(2)8-9-14-10-13/h4-7,14H,3,8-10H2,1-2H3. The van der Waals surface area contributed by atoms with Gasteiger partial charge in [-0.3, -0.25) is 0 Å². The van der Waals surface area contributed by atoms with Crippen LogP contribution in [0.5, 0.6) is 5.75 Å². The zero-order valence-electron chi connectivity index (χ0n) is 9.55. The van der Waals surface area contributed by atoms with Gasteiger partial charge in [-0.1, -0.05) is 25.1 Å². The van der Waals surface area contributed by atoms with Crippen LogP contribution in [0.3, 0.4) is 0 Å². The fourth-order valence-corrected chi connectivity index (χ4v) is 2.29. The lowest BCUT2D eigenvalue weighted by atomic mass is 9.81. The topological polar surface area (TPSA) is 21.3 Å². The molecule has 0 radical (unpaired) electrons. The highest BCUT2D eigenvalue weighted by atomic mass is 16.5. The normalized spacial score (nSPS) is 25.5. The minimum Gasteiger partial charge on any atom is -0.494 e. The molecule has 0 saturated carbocycles. The van der Waals surface area contributed by atoms with Crippen molar-refractivity contribution in [3.05, 3.63) is 29.8 Å². The average molecular weight is 205 g/mol. The number of ether oxygens (including phenoxy) is 1. The van der Waals surface area contributed by atoms with E-state index in [2.05, 4.69) is 30.4 Å². The highest BCUT2D eigenvalue weighted by Gasteiger charge is 2.32. The van der Waals surface area contributed by atoms with E-state index in [1.807, 2.05) is 13.0 Å². The Balaban J connectivity index is 2.33. The molecule has 1 N–H and O–H groups in total. The van der Waals surface area contributed by atoms with Crippen LogP contribution in [0.25, 0.3) is 0 Å². The first kappa shape index (κ1) is 10.5. The first-order chi connectivity index (χ1) is 7.26. The Morgan fingerprint density at radius 3 is 2.87 bits per heavy atom. The van der Waals surface area contributed by atoms with Crippen LogP contribution in [0.15, 0.2) is 24.3 Å². The van der Waals surface area contributed by atoms with E-state index in [0.717, 1.165) is 25.4 Å². The van der Waals surface area contributed by atoms with Gasteiger partial charge in [0.1, 0.15) is 5.75 Å². The van der Waals surface area contributed by atoms with Gasteiger partial charge in [0.15, 0.2) is 0 Å². The van der Waals surface area contributed by atoms with Crippen molar-refractivity contribution in [1.82, 2.24) is 5.32 Å². The maximum absolute atomic E-state index is 5.69. The molecule has 1 aliphatic rings. The Kier molecular flexibility index (Phi) is 2.96. The number of nitrogens with one attached hydrogen (secondary N) is 1. The predicted octanol–water partition coefficient (Wildman–Crippen LogP) is 2.34. The molecule has 2 rings (SSSR count). The molecule has 0 spiro atoms. The van der Waals surface area contributed by atoms with Crippen LogP contribution in [-0.4, -0.2) is 19.7 Å². The van der Waals surface area contributed by atoms with E-state index in [1.54, 1.807) is 0 Å². The van der Waals surface area contributed by atoms with Crippen LogP contribution in [0, 0.1) is 0 Å². The molecule has 1 saturated heterocycles. The van der Waals surface area contributed by atoms with Gasteiger partial charge in [0.25, 0.3) is 0 Å². The summed E-state index contributed by atoms with van der Waals surface area (Å²) in [4.78, 5) is 0. The molecule has 0 aromatic heterocycles. The van der Waals surface area contributed by atoms with Crippen molar-refractivity contribution in [2.24, 2.45) is 0 Å². The Labute approximate surface area is 91.6 Å². The third kappa shape index (κ3) is 2.00. The molecule has 0 amide bonds. The number of rotatable bonds is 3. The van der Waals surface area contributed by atoms with Crippen LogP contribution >= 0.6 is 0 Å². The molecule has 1 heterocycles. The van der Waals surface area contributed by atoms with Crippen molar-refractivity contribution in [1.29, 1.82) is 0 Å². The van der Waals surface area contributed by atoms with Gasteiger partial charge in [-0.05, 0) is 26.0 Å². The number of benzene rings is 1. The van der Waals surface area contributed by atoms with Crippen LogP contribution < -0.4 is 10.1 Å². The van der Waals surface area contributed by atoms with E-state index in [9.17, 15) is 0 Å². The second-order valence-electron chi connectivity index (χ2n) is 4.42. The van der Waals surface area contributed by atoms with Crippen molar-refractivity contribution < 1.29 is 4.74 Å². The third-order valence-electron chi connectivity index (χ3n) is 3.21. The summed E-state index contributed by atoms with van der Waals surface area (Å²) in [5, 5.41) is 3.43. The van der Waals surface area contributed by atoms with Gasteiger partial charge in [-0.2, -0.15) is 0 Å². The summed E-state index contributed by atoms with van der Waals surface area (Å²) in [6.07, 6.45) is 1.19. The molecular formula is C13H19NO. The van der Waals surface area contributed by atoms with Gasteiger partial charge in [0, 0.05) is 17.5 Å². The number of para-hydroxylation sites is 1. The first-order valence-electron chi connectivity index (χ1n) is 5.69. The number of hydrogen-bond donors (Lipinski definition) is 1. The first-order valence-corrected chi connectivity index (χ1v) is 5.69. The zero-order valence-corrected chi connectivity index (χ0v) is 9.55. The van der Waals surface area contributed by atoms with Crippen molar-refractivity contribution in [2.45, 2.75) is 25.7 Å². The molecule has 2 heteroatoms. The molecule has 1 aromatic carbocycles. The highest BCUT2D eigenvalue weighted by molar-refractivity contribution is 5.40. The summed E-state index contributed by atoms with van der Waals surface area (Å²) in [5.74, 6) is 1.05. The van der Waals surface area contributed by atoms with Crippen LogP contribution in [-0.2, 0) is 5.41 Å². The van der Waals surface area contributed by atoms with Crippen molar-refractivity contribution in [2.75, 3.05) is 19.7 Å². The molecule has 82 valence electrons. The molecule has 2 nitrogen and oxygen atoms in total. The molecule has 1 fully saturated rings. The lowest BCUT2D eigenvalue weighted by Crippen LogP contribution is -2.25. The van der Waals surface area contributed by atoms with Gasteiger partial charge >= 0.3 is 0 Å². The average Bonchev–Trinajstić information content (AvgIpc) is 2.68. The zero-order chi connectivity index (χ0) is 10.7. The molecular weight excluding hydrogens is 186 g/mol. The van der Waals surface area contributed by atoms with Crippen LogP contribution in [0.4, 0.5) is 0 Å². The third-order valence-corrected chi connectivity index (χ3v) is 3.21. The Morgan fingerprint density at radius 2 is 2.20 bits per heavy atom. The van der Waals surface area contributed by atoms with Gasteiger partial charge in [0.2, 0.25) is 0 Å². The predicted molar refractivity (Wildman–Crippen MR) is 62.4 cm³/mol. The molecule has 0 aliphatic carbocycles. The Bertz CT molecular complexity index is 329. The van der Waals surface area contributed by atoms with Gasteiger partial charge in [-0.25, -0.2) is 0 Å². The van der Waals surface area contributed by atoms with E-state index in [-0.39, 0.29) is 5.41 Å². The minimum atomic E-state index is 0.242. The smallest absolute Gasteiger partial charge is 0.123 e. The summed E-state index contributed by atoms with van der Waals surface area (Å²) in [5.41, 5.74) is 1.59.